The summed E-state index contributed by atoms with van der Waals surface area (Å²) in [4.78, 5) is 12.2. The van der Waals surface area contributed by atoms with Gasteiger partial charge < -0.3 is 5.32 Å². The molecule has 134 valence electrons. The van der Waals surface area contributed by atoms with Crippen molar-refractivity contribution in [3.63, 3.8) is 0 Å². The smallest absolute Gasteiger partial charge is 0.273 e. The molecule has 3 rings (SSSR count). The summed E-state index contributed by atoms with van der Waals surface area (Å²) in [6.07, 6.45) is 4.38. The molecule has 1 atom stereocenters. The summed E-state index contributed by atoms with van der Waals surface area (Å²) in [5.74, 6) is -0.304. The molecule has 8 nitrogen and oxygen atoms in total. The Kier molecular flexibility index (Phi) is 5.14. The van der Waals surface area contributed by atoms with E-state index < -0.39 is 10.0 Å². The normalized spacial score (nSPS) is 18.4. The Labute approximate surface area is 146 Å². The SMILES string of the molecule is CS(=O)(=O)N1CCC[C@H]1Cn1cc(C(=O)NCc2ccccc2)nn1. The van der Waals surface area contributed by atoms with Gasteiger partial charge in [-0.3, -0.25) is 9.48 Å². The quantitative estimate of drug-likeness (QED) is 0.812. The average molecular weight is 363 g/mol. The molecule has 1 saturated heterocycles. The van der Waals surface area contributed by atoms with Crippen molar-refractivity contribution in [2.24, 2.45) is 0 Å². The molecule has 0 unspecified atom stereocenters. The highest BCUT2D eigenvalue weighted by atomic mass is 32.2. The Bertz CT molecular complexity index is 834. The van der Waals surface area contributed by atoms with Gasteiger partial charge in [0.1, 0.15) is 0 Å². The lowest BCUT2D eigenvalue weighted by atomic mass is 10.2. The molecule has 9 heteroatoms. The minimum absolute atomic E-state index is 0.142. The zero-order chi connectivity index (χ0) is 17.9. The van der Waals surface area contributed by atoms with E-state index >= 15 is 0 Å². The molecule has 2 heterocycles. The lowest BCUT2D eigenvalue weighted by Gasteiger charge is -2.21. The van der Waals surface area contributed by atoms with Crippen LogP contribution in [0.1, 0.15) is 28.9 Å². The monoisotopic (exact) mass is 363 g/mol. The van der Waals surface area contributed by atoms with E-state index in [-0.39, 0.29) is 17.6 Å². The van der Waals surface area contributed by atoms with Gasteiger partial charge in [0.2, 0.25) is 10.0 Å². The van der Waals surface area contributed by atoms with Gasteiger partial charge in [0, 0.05) is 19.1 Å². The van der Waals surface area contributed by atoms with Crippen LogP contribution in [0, 0.1) is 0 Å². The molecule has 1 N–H and O–H groups in total. The van der Waals surface area contributed by atoms with Gasteiger partial charge in [0.25, 0.3) is 5.91 Å². The second-order valence-electron chi connectivity index (χ2n) is 6.16. The summed E-state index contributed by atoms with van der Waals surface area (Å²) in [5, 5.41) is 10.6. The van der Waals surface area contributed by atoms with Crippen molar-refractivity contribution < 1.29 is 13.2 Å². The number of hydrogen-bond donors (Lipinski definition) is 1. The van der Waals surface area contributed by atoms with Crippen LogP contribution >= 0.6 is 0 Å². The third-order valence-corrected chi connectivity index (χ3v) is 5.55. The van der Waals surface area contributed by atoms with Crippen LogP contribution in [0.5, 0.6) is 0 Å². The van der Waals surface area contributed by atoms with Crippen LogP contribution in [0.4, 0.5) is 0 Å². The second-order valence-corrected chi connectivity index (χ2v) is 8.10. The first-order chi connectivity index (χ1) is 11.9. The molecule has 0 saturated carbocycles. The van der Waals surface area contributed by atoms with Gasteiger partial charge in [-0.05, 0) is 18.4 Å². The number of benzene rings is 1. The minimum atomic E-state index is -3.23. The molecule has 1 fully saturated rings. The van der Waals surface area contributed by atoms with E-state index in [1.165, 1.54) is 15.2 Å². The number of carbonyl (C=O) groups is 1. The number of nitrogens with one attached hydrogen (secondary N) is 1. The first-order valence-corrected chi connectivity index (χ1v) is 9.97. The Hall–Kier alpha value is -2.26. The summed E-state index contributed by atoms with van der Waals surface area (Å²) >= 11 is 0. The topological polar surface area (TPSA) is 97.2 Å². The maximum absolute atomic E-state index is 12.2. The highest BCUT2D eigenvalue weighted by Crippen LogP contribution is 2.21. The average Bonchev–Trinajstić information content (AvgIpc) is 3.23. The van der Waals surface area contributed by atoms with E-state index in [1.807, 2.05) is 30.3 Å². The Morgan fingerprint density at radius 1 is 1.32 bits per heavy atom. The van der Waals surface area contributed by atoms with E-state index in [1.54, 1.807) is 6.20 Å². The lowest BCUT2D eigenvalue weighted by Crippen LogP contribution is -2.37. The maximum Gasteiger partial charge on any atom is 0.273 e. The van der Waals surface area contributed by atoms with E-state index in [9.17, 15) is 13.2 Å². The van der Waals surface area contributed by atoms with E-state index in [4.69, 9.17) is 0 Å². The number of hydrogen-bond acceptors (Lipinski definition) is 5. The first-order valence-electron chi connectivity index (χ1n) is 8.12. The van der Waals surface area contributed by atoms with Crippen LogP contribution in [0.15, 0.2) is 36.5 Å². The Morgan fingerprint density at radius 2 is 2.08 bits per heavy atom. The highest BCUT2D eigenvalue weighted by Gasteiger charge is 2.31. The van der Waals surface area contributed by atoms with E-state index in [0.29, 0.717) is 19.6 Å². The summed E-state index contributed by atoms with van der Waals surface area (Å²) in [6, 6.07) is 9.45. The molecular weight excluding hydrogens is 342 g/mol. The number of carbonyl (C=O) groups excluding carboxylic acids is 1. The number of sulfonamides is 1. The van der Waals surface area contributed by atoms with Crippen molar-refractivity contribution in [1.82, 2.24) is 24.6 Å². The van der Waals surface area contributed by atoms with Gasteiger partial charge in [0.05, 0.1) is 19.0 Å². The molecule has 25 heavy (non-hydrogen) atoms. The third kappa shape index (κ3) is 4.43. The maximum atomic E-state index is 12.2. The van der Waals surface area contributed by atoms with Gasteiger partial charge in [-0.1, -0.05) is 35.5 Å². The Balaban J connectivity index is 1.59. The van der Waals surface area contributed by atoms with Gasteiger partial charge in [0.15, 0.2) is 5.69 Å². The number of rotatable bonds is 6. The van der Waals surface area contributed by atoms with Crippen LogP contribution in [0.3, 0.4) is 0 Å². The summed E-state index contributed by atoms with van der Waals surface area (Å²) in [5.41, 5.74) is 1.22. The van der Waals surface area contributed by atoms with Crippen LogP contribution in [0.25, 0.3) is 0 Å². The van der Waals surface area contributed by atoms with Gasteiger partial charge in [-0.15, -0.1) is 5.10 Å². The zero-order valence-corrected chi connectivity index (χ0v) is 14.8. The van der Waals surface area contributed by atoms with Gasteiger partial charge >= 0.3 is 0 Å². The van der Waals surface area contributed by atoms with Gasteiger partial charge in [-0.2, -0.15) is 4.31 Å². The van der Waals surface area contributed by atoms with E-state index in [2.05, 4.69) is 15.6 Å². The fourth-order valence-electron chi connectivity index (χ4n) is 3.00. The summed E-state index contributed by atoms with van der Waals surface area (Å²) < 4.78 is 26.6. The van der Waals surface area contributed by atoms with Crippen molar-refractivity contribution >= 4 is 15.9 Å². The molecule has 2 aromatic rings. The van der Waals surface area contributed by atoms with Crippen molar-refractivity contribution in [3.05, 3.63) is 47.8 Å². The van der Waals surface area contributed by atoms with Crippen molar-refractivity contribution in [1.29, 1.82) is 0 Å². The van der Waals surface area contributed by atoms with E-state index in [0.717, 1.165) is 18.4 Å². The predicted octanol–water partition coefficient (Wildman–Crippen LogP) is 0.632. The molecule has 0 aliphatic carbocycles. The van der Waals surface area contributed by atoms with Crippen molar-refractivity contribution in [2.75, 3.05) is 12.8 Å². The molecule has 0 spiro atoms. The zero-order valence-electron chi connectivity index (χ0n) is 14.0. The second kappa shape index (κ2) is 7.32. The first kappa shape index (κ1) is 17.6. The highest BCUT2D eigenvalue weighted by molar-refractivity contribution is 7.88. The number of amides is 1. The molecule has 0 radical (unpaired) electrons. The molecule has 1 amide bonds. The largest absolute Gasteiger partial charge is 0.347 e. The molecule has 1 aliphatic rings. The molecule has 1 aromatic heterocycles. The fraction of sp³-hybridized carbons (Fsp3) is 0.438. The van der Waals surface area contributed by atoms with Crippen LogP contribution in [-0.2, 0) is 23.1 Å². The molecule has 1 aliphatic heterocycles. The molecular formula is C16H21N5O3S. The summed E-state index contributed by atoms with van der Waals surface area (Å²) in [6.45, 7) is 1.34. The minimum Gasteiger partial charge on any atom is -0.347 e. The Morgan fingerprint density at radius 3 is 2.80 bits per heavy atom. The molecule has 0 bridgehead atoms. The van der Waals surface area contributed by atoms with Crippen LogP contribution in [-0.4, -0.2) is 52.5 Å². The fourth-order valence-corrected chi connectivity index (χ4v) is 4.18. The lowest BCUT2D eigenvalue weighted by molar-refractivity contribution is 0.0945. The molecule has 1 aromatic carbocycles. The summed E-state index contributed by atoms with van der Waals surface area (Å²) in [7, 11) is -3.23. The van der Waals surface area contributed by atoms with Gasteiger partial charge in [-0.25, -0.2) is 8.42 Å². The standard InChI is InChI=1S/C16H21N5O3S/c1-25(23,24)21-9-5-8-14(21)11-20-12-15(18-19-20)16(22)17-10-13-6-3-2-4-7-13/h2-4,6-7,12,14H,5,8-11H2,1H3,(H,17,22)/t14-/m0/s1. The predicted molar refractivity (Wildman–Crippen MR) is 92.2 cm³/mol. The number of aromatic nitrogens is 3. The van der Waals surface area contributed by atoms with Crippen LogP contribution in [0.2, 0.25) is 0 Å². The number of nitrogens with zero attached hydrogens (tertiary/aromatic N) is 4. The van der Waals surface area contributed by atoms with Crippen molar-refractivity contribution in [2.45, 2.75) is 32.0 Å². The van der Waals surface area contributed by atoms with Crippen LogP contribution < -0.4 is 5.32 Å². The third-order valence-electron chi connectivity index (χ3n) is 4.21. The van der Waals surface area contributed by atoms with Crippen molar-refractivity contribution in [3.8, 4) is 0 Å².